The lowest BCUT2D eigenvalue weighted by atomic mass is 9.92. The molecule has 2 atom stereocenters. The summed E-state index contributed by atoms with van der Waals surface area (Å²) in [5, 5.41) is 7.08. The number of rotatable bonds is 15. The van der Waals surface area contributed by atoms with E-state index >= 15 is 0 Å². The SMILES string of the molecule is C[CH+]C(N)=Nc1nc(CC)c(CCC)c(C(C)CCC(C)NCCN/C(C)=C/CC)n1. The van der Waals surface area contributed by atoms with Gasteiger partial charge in [-0.05, 0) is 57.4 Å². The molecule has 0 aliphatic rings. The maximum atomic E-state index is 5.91. The quantitative estimate of drug-likeness (QED) is 0.159. The first-order valence-corrected chi connectivity index (χ1v) is 12.0. The van der Waals surface area contributed by atoms with E-state index in [9.17, 15) is 0 Å². The van der Waals surface area contributed by atoms with Crippen molar-refractivity contribution in [1.29, 1.82) is 0 Å². The molecule has 0 aromatic carbocycles. The number of amidine groups is 1. The zero-order valence-electron chi connectivity index (χ0n) is 20.9. The Hall–Kier alpha value is -2.08. The molecule has 0 saturated carbocycles. The molecule has 4 N–H and O–H groups in total. The lowest BCUT2D eigenvalue weighted by Crippen LogP contribution is -2.33. The average Bonchev–Trinajstić information content (AvgIpc) is 2.75. The molecule has 0 spiro atoms. The molecule has 0 bridgehead atoms. The summed E-state index contributed by atoms with van der Waals surface area (Å²) in [6, 6.07) is 0.463. The first-order valence-electron chi connectivity index (χ1n) is 12.0. The van der Waals surface area contributed by atoms with Crippen LogP contribution in [0.5, 0.6) is 0 Å². The highest BCUT2D eigenvalue weighted by Gasteiger charge is 2.19. The van der Waals surface area contributed by atoms with Crippen molar-refractivity contribution in [1.82, 2.24) is 20.6 Å². The molecule has 0 aliphatic heterocycles. The van der Waals surface area contributed by atoms with Crippen LogP contribution >= 0.6 is 0 Å². The molecule has 1 aromatic rings. The van der Waals surface area contributed by atoms with Gasteiger partial charge in [-0.2, -0.15) is 4.99 Å². The highest BCUT2D eigenvalue weighted by atomic mass is 15.1. The third kappa shape index (κ3) is 9.72. The van der Waals surface area contributed by atoms with E-state index in [0.29, 0.717) is 23.7 Å². The van der Waals surface area contributed by atoms with Gasteiger partial charge in [-0.25, -0.2) is 9.97 Å². The molecule has 1 heterocycles. The summed E-state index contributed by atoms with van der Waals surface area (Å²) in [7, 11) is 0. The number of aliphatic imine (C=N–C) groups is 1. The Morgan fingerprint density at radius 1 is 1.16 bits per heavy atom. The van der Waals surface area contributed by atoms with Gasteiger partial charge in [0, 0.05) is 30.5 Å². The minimum absolute atomic E-state index is 0.354. The van der Waals surface area contributed by atoms with Crippen molar-refractivity contribution in [3.05, 3.63) is 35.1 Å². The monoisotopic (exact) mass is 429 g/mol. The topological polar surface area (TPSA) is 88.2 Å². The lowest BCUT2D eigenvalue weighted by Gasteiger charge is -2.20. The summed E-state index contributed by atoms with van der Waals surface area (Å²) in [5.41, 5.74) is 10.7. The maximum absolute atomic E-state index is 5.91. The third-order valence-electron chi connectivity index (χ3n) is 5.50. The Morgan fingerprint density at radius 2 is 1.90 bits per heavy atom. The molecule has 6 nitrogen and oxygen atoms in total. The van der Waals surface area contributed by atoms with Crippen LogP contribution in [0, 0.1) is 6.42 Å². The average molecular weight is 430 g/mol. The van der Waals surface area contributed by atoms with Crippen LogP contribution in [0.1, 0.15) is 97.0 Å². The van der Waals surface area contributed by atoms with E-state index in [1.54, 1.807) is 6.42 Å². The van der Waals surface area contributed by atoms with E-state index < -0.39 is 0 Å². The number of aromatic nitrogens is 2. The van der Waals surface area contributed by atoms with E-state index in [1.807, 2.05) is 6.92 Å². The molecule has 1 aromatic heterocycles. The number of hydrogen-bond acceptors (Lipinski definition) is 5. The number of nitrogens with zero attached hydrogens (tertiary/aromatic N) is 3. The molecule has 2 unspecified atom stereocenters. The maximum Gasteiger partial charge on any atom is 0.292 e. The third-order valence-corrected chi connectivity index (χ3v) is 5.50. The summed E-state index contributed by atoms with van der Waals surface area (Å²) >= 11 is 0. The van der Waals surface area contributed by atoms with Crippen LogP contribution < -0.4 is 16.4 Å². The van der Waals surface area contributed by atoms with Crippen molar-refractivity contribution in [3.8, 4) is 0 Å². The normalized spacial score (nSPS) is 14.4. The number of allylic oxidation sites excluding steroid dienone is 2. The van der Waals surface area contributed by atoms with Gasteiger partial charge < -0.3 is 16.4 Å². The predicted octanol–water partition coefficient (Wildman–Crippen LogP) is 4.97. The van der Waals surface area contributed by atoms with Gasteiger partial charge in [0.25, 0.3) is 11.8 Å². The second-order valence-corrected chi connectivity index (χ2v) is 8.32. The van der Waals surface area contributed by atoms with Crippen molar-refractivity contribution >= 4 is 11.8 Å². The molecule has 0 fully saturated rings. The van der Waals surface area contributed by atoms with Crippen molar-refractivity contribution < 1.29 is 0 Å². The second-order valence-electron chi connectivity index (χ2n) is 8.32. The number of nitrogens with two attached hydrogens (primary N) is 1. The largest absolute Gasteiger partial charge is 0.388 e. The van der Waals surface area contributed by atoms with Crippen molar-refractivity contribution in [2.24, 2.45) is 10.7 Å². The smallest absolute Gasteiger partial charge is 0.292 e. The molecule has 174 valence electrons. The van der Waals surface area contributed by atoms with Gasteiger partial charge in [-0.3, -0.25) is 0 Å². The fraction of sp³-hybridized carbons (Fsp3) is 0.680. The summed E-state index contributed by atoms with van der Waals surface area (Å²) in [4.78, 5) is 13.9. The van der Waals surface area contributed by atoms with Crippen LogP contribution in [0.3, 0.4) is 0 Å². The number of aryl methyl sites for hydroxylation is 1. The van der Waals surface area contributed by atoms with E-state index in [2.05, 4.69) is 63.2 Å². The van der Waals surface area contributed by atoms with Gasteiger partial charge in [0.05, 0.1) is 12.6 Å². The Kier molecular flexibility index (Phi) is 12.9. The summed E-state index contributed by atoms with van der Waals surface area (Å²) in [6.45, 7) is 17.0. The van der Waals surface area contributed by atoms with Gasteiger partial charge in [0.1, 0.15) is 6.42 Å². The Bertz CT molecular complexity index is 710. The second kappa shape index (κ2) is 14.8. The molecule has 0 amide bonds. The van der Waals surface area contributed by atoms with Crippen LogP contribution in [0.2, 0.25) is 0 Å². The summed E-state index contributed by atoms with van der Waals surface area (Å²) < 4.78 is 0. The van der Waals surface area contributed by atoms with Gasteiger partial charge >= 0.3 is 0 Å². The fourth-order valence-electron chi connectivity index (χ4n) is 3.68. The molecule has 31 heavy (non-hydrogen) atoms. The van der Waals surface area contributed by atoms with Gasteiger partial charge in [-0.15, -0.1) is 0 Å². The molecule has 0 saturated heterocycles. The van der Waals surface area contributed by atoms with Gasteiger partial charge in [-0.1, -0.05) is 40.2 Å². The van der Waals surface area contributed by atoms with Crippen LogP contribution in [0.4, 0.5) is 5.95 Å². The number of nitrogens with one attached hydrogen (secondary N) is 2. The first-order chi connectivity index (χ1) is 14.9. The van der Waals surface area contributed by atoms with E-state index in [1.165, 1.54) is 11.3 Å². The molecule has 0 radical (unpaired) electrons. The van der Waals surface area contributed by atoms with E-state index in [-0.39, 0.29) is 0 Å². The minimum Gasteiger partial charge on any atom is -0.388 e. The minimum atomic E-state index is 0.354. The summed E-state index contributed by atoms with van der Waals surface area (Å²) in [6.07, 6.45) is 10.2. The zero-order chi connectivity index (χ0) is 23.2. The van der Waals surface area contributed by atoms with Crippen molar-refractivity contribution in [2.75, 3.05) is 13.1 Å². The lowest BCUT2D eigenvalue weighted by molar-refractivity contribution is 0.472. The van der Waals surface area contributed by atoms with Crippen LogP contribution in [0.25, 0.3) is 0 Å². The van der Waals surface area contributed by atoms with Crippen molar-refractivity contribution in [3.63, 3.8) is 0 Å². The Labute approximate surface area is 190 Å². The molecule has 6 heteroatoms. The molecular formula is C25H45N6+. The first kappa shape index (κ1) is 27.0. The zero-order valence-corrected chi connectivity index (χ0v) is 20.9. The van der Waals surface area contributed by atoms with Gasteiger partial charge in [0.2, 0.25) is 0 Å². The molecule has 0 aliphatic carbocycles. The summed E-state index contributed by atoms with van der Waals surface area (Å²) in [5.74, 6) is 1.30. The Morgan fingerprint density at radius 3 is 2.52 bits per heavy atom. The van der Waals surface area contributed by atoms with E-state index in [0.717, 1.165) is 63.0 Å². The molecule has 1 rings (SSSR count). The van der Waals surface area contributed by atoms with E-state index in [4.69, 9.17) is 15.7 Å². The van der Waals surface area contributed by atoms with Crippen LogP contribution in [-0.4, -0.2) is 34.9 Å². The van der Waals surface area contributed by atoms with Crippen LogP contribution in [-0.2, 0) is 12.8 Å². The highest BCUT2D eigenvalue weighted by molar-refractivity contribution is 5.89. The number of hydrogen-bond donors (Lipinski definition) is 3. The van der Waals surface area contributed by atoms with Gasteiger partial charge in [0.15, 0.2) is 0 Å². The fourth-order valence-corrected chi connectivity index (χ4v) is 3.68. The van der Waals surface area contributed by atoms with Crippen LogP contribution in [0.15, 0.2) is 16.8 Å². The standard InChI is InChI=1S/C25H45N6/c1-8-12-19(6)27-16-17-28-20(7)15-14-18(5)24-21(13-9-2)22(10-3)29-25(31-24)30-23(26)11-4/h11-12,18,20,27-28H,8-10,13-17H2,1-7H3,(H2,26,29,30,31)/q+1/b19-12+. The van der Waals surface area contributed by atoms with Crippen molar-refractivity contribution in [2.45, 2.75) is 99.0 Å². The molecular weight excluding hydrogens is 384 g/mol. The Balaban J connectivity index is 2.80. The highest BCUT2D eigenvalue weighted by Crippen LogP contribution is 2.28. The predicted molar refractivity (Wildman–Crippen MR) is 134 cm³/mol.